The topological polar surface area (TPSA) is 57.2 Å². The number of Topliss-reactive ketones (excluding diaryl/α,β-unsaturated/α-hetero) is 2. The molecule has 6 aliphatic rings. The van der Waals surface area contributed by atoms with Gasteiger partial charge in [0.1, 0.15) is 11.6 Å². The van der Waals surface area contributed by atoms with Gasteiger partial charge in [0.05, 0.1) is 0 Å². The van der Waals surface area contributed by atoms with Crippen LogP contribution in [-0.4, -0.2) is 23.3 Å². The maximum absolute atomic E-state index is 12.4. The van der Waals surface area contributed by atoms with Crippen molar-refractivity contribution in [2.45, 2.75) is 221 Å². The van der Waals surface area contributed by atoms with E-state index in [2.05, 4.69) is 275 Å². The van der Waals surface area contributed by atoms with Crippen molar-refractivity contribution in [1.82, 2.24) is 0 Å². The Bertz CT molecular complexity index is 3560. The zero-order chi connectivity index (χ0) is 67.8. The Labute approximate surface area is 625 Å². The van der Waals surface area contributed by atoms with Crippen LogP contribution in [0.4, 0.5) is 0 Å². The Morgan fingerprint density at radius 3 is 0.884 bits per heavy atom. The van der Waals surface area contributed by atoms with Crippen molar-refractivity contribution in [3.05, 3.63) is 234 Å². The fourth-order valence-corrected chi connectivity index (χ4v) is 26.7. The summed E-state index contributed by atoms with van der Waals surface area (Å²) in [6, 6.07) is 69.0. The van der Waals surface area contributed by atoms with Crippen molar-refractivity contribution in [2.75, 3.05) is 6.16 Å². The van der Waals surface area contributed by atoms with Crippen molar-refractivity contribution in [1.29, 1.82) is 0 Å². The minimum Gasteiger partial charge on any atom is -0.300 e. The van der Waals surface area contributed by atoms with Crippen LogP contribution in [0.15, 0.2) is 211 Å². The number of benzene rings is 7. The van der Waals surface area contributed by atoms with Gasteiger partial charge in [0.25, 0.3) is 0 Å². The summed E-state index contributed by atoms with van der Waals surface area (Å²) in [5.74, 6) is 2.75. The van der Waals surface area contributed by atoms with Gasteiger partial charge in [-0.2, -0.15) is 0 Å². The average Bonchev–Trinajstić information content (AvgIpc) is 1.58. The second kappa shape index (κ2) is 29.2. The van der Waals surface area contributed by atoms with Crippen LogP contribution in [0.3, 0.4) is 0 Å². The third-order valence-electron chi connectivity index (χ3n) is 21.7. The summed E-state index contributed by atoms with van der Waals surface area (Å²) in [6.07, 6.45) is 20.9. The standard InChI is InChI=1S/C38H52.C27H34BrP.C20H16O2.C4H9O.K/c1-27(21-35(3,4)5)17-19-29-23-37-25-30(20-18-28(2)22-36(6,7)8)26-38(37,24-29)34-16-12-10-14-32(34)31-13-9-11-15-33(31)37;1-23(22-27(2,3)4)20-21-29(28,24-14-8-5-9-15-24,25-16-10-6-11-17-25)26-18-12-7-13-19-26;21-13-9-19-10-14(22)12-20(19,11-13)18-8-4-2-6-16(18)15-5-1-3-7-17(15)19;1-4(2,3)5;/h9-16,19-20,27-28H,17-18,21-26H2,1-8H3;5-19,23H,20-22H2,1-4H3;1-8H,9-12H2;1-3H3;/q;;;-1;+1. The third-order valence-corrected chi connectivity index (χ3v) is 31.7. The van der Waals surface area contributed by atoms with E-state index in [4.69, 9.17) is 0 Å². The molecule has 0 heterocycles. The van der Waals surface area contributed by atoms with Crippen LogP contribution in [0, 0.1) is 34.0 Å². The molecule has 95 heavy (non-hydrogen) atoms. The number of carbonyl (C=O) groups excluding carboxylic acids is 2. The van der Waals surface area contributed by atoms with E-state index >= 15 is 0 Å². The molecule has 6 aliphatic carbocycles. The molecular weight excluding hydrogens is 1270 g/mol. The molecule has 0 spiro atoms. The summed E-state index contributed by atoms with van der Waals surface area (Å²) < 4.78 is 0. The third kappa shape index (κ3) is 15.8. The van der Waals surface area contributed by atoms with Crippen LogP contribution in [0.1, 0.15) is 216 Å². The van der Waals surface area contributed by atoms with E-state index in [0.29, 0.717) is 59.4 Å². The minimum absolute atomic E-state index is 0. The molecule has 0 saturated heterocycles. The zero-order valence-electron chi connectivity index (χ0n) is 60.9. The Morgan fingerprint density at radius 2 is 0.621 bits per heavy atom. The van der Waals surface area contributed by atoms with Gasteiger partial charge in [0.15, 0.2) is 0 Å². The second-order valence-corrected chi connectivity index (χ2v) is 43.7. The van der Waals surface area contributed by atoms with Gasteiger partial charge < -0.3 is 5.11 Å². The van der Waals surface area contributed by atoms with Gasteiger partial charge in [-0.3, -0.25) is 9.59 Å². The van der Waals surface area contributed by atoms with Gasteiger partial charge in [-0.15, -0.1) is 5.60 Å². The summed E-state index contributed by atoms with van der Waals surface area (Å²) in [6.45, 7) is 33.6. The quantitative estimate of drug-likeness (QED) is 0.0657. The molecule has 6 heteroatoms. The summed E-state index contributed by atoms with van der Waals surface area (Å²) in [5.41, 5.74) is 14.7. The number of hydrogen-bond donors (Lipinski definition) is 0. The van der Waals surface area contributed by atoms with Crippen LogP contribution in [0.25, 0.3) is 22.3 Å². The van der Waals surface area contributed by atoms with Gasteiger partial charge >= 0.3 is 237 Å². The van der Waals surface area contributed by atoms with E-state index in [1.807, 2.05) is 24.3 Å². The largest absolute Gasteiger partial charge is 1.00 e. The smallest absolute Gasteiger partial charge is 0.300 e. The van der Waals surface area contributed by atoms with E-state index in [1.165, 1.54) is 114 Å². The van der Waals surface area contributed by atoms with Crippen molar-refractivity contribution >= 4 is 48.3 Å². The first kappa shape index (κ1) is 75.1. The molecular formula is C89H111BrKO3P. The molecule has 0 amide bonds. The number of ketones is 2. The Hall–Kier alpha value is -4.13. The SMILES string of the molecule is CC(C)(C)[O-].CC(CC=C1CC23CC(=CCC(C)CC(C)(C)C)CC2(C1)c1ccccc1-c1ccccc13)CC(C)(C)C.CC(CCP(Br)(c1ccccc1)(c1ccccc1)c1ccccc1)CC(C)(C)C.O=C1CC23CC(=O)CC2(C1)c1ccccc1-c1ccccc13.[K+]. The van der Waals surface area contributed by atoms with E-state index < -0.39 is 10.9 Å². The van der Waals surface area contributed by atoms with Crippen LogP contribution >= 0.6 is 20.8 Å². The number of rotatable bonds is 13. The molecule has 7 aromatic rings. The predicted octanol–water partition coefficient (Wildman–Crippen LogP) is 19.2. The van der Waals surface area contributed by atoms with Gasteiger partial charge in [-0.25, -0.2) is 0 Å². The van der Waals surface area contributed by atoms with Crippen molar-refractivity contribution in [2.24, 2.45) is 34.0 Å². The summed E-state index contributed by atoms with van der Waals surface area (Å²) in [4.78, 5) is 24.9. The molecule has 0 radical (unpaired) electrons. The molecule has 498 valence electrons. The number of allylic oxidation sites excluding steroid dienone is 4. The Kier molecular flexibility index (Phi) is 23.1. The predicted molar refractivity (Wildman–Crippen MR) is 406 cm³/mol. The van der Waals surface area contributed by atoms with Gasteiger partial charge in [-0.1, -0.05) is 197 Å². The van der Waals surface area contributed by atoms with Crippen molar-refractivity contribution in [3.63, 3.8) is 0 Å². The summed E-state index contributed by atoms with van der Waals surface area (Å²) in [7, 11) is 0. The van der Waals surface area contributed by atoms with Crippen molar-refractivity contribution < 1.29 is 66.1 Å². The molecule has 7 aromatic carbocycles. The normalized spacial score (nSPS) is 22.7. The molecule has 0 bridgehead atoms. The second-order valence-electron chi connectivity index (χ2n) is 34.6. The number of carbonyl (C=O) groups is 2. The molecule has 0 aromatic heterocycles. The molecule has 3 unspecified atom stereocenters. The van der Waals surface area contributed by atoms with E-state index in [-0.39, 0.29) is 73.0 Å². The van der Waals surface area contributed by atoms with E-state index in [9.17, 15) is 14.7 Å². The zero-order valence-corrected chi connectivity index (χ0v) is 66.5. The molecule has 3 atom stereocenters. The van der Waals surface area contributed by atoms with Crippen LogP contribution in [0.2, 0.25) is 0 Å². The number of halogens is 1. The Balaban J connectivity index is 0.000000166. The van der Waals surface area contributed by atoms with Gasteiger partial charge in [0.2, 0.25) is 0 Å². The van der Waals surface area contributed by atoms with Crippen LogP contribution in [0.5, 0.6) is 0 Å². The maximum atomic E-state index is 12.4. The monoisotopic (exact) mass is 1380 g/mol. The summed E-state index contributed by atoms with van der Waals surface area (Å²) >= 11 is 4.56. The average molecular weight is 1380 g/mol. The fraction of sp³-hybridized carbons (Fsp3) is 0.461. The number of fused-ring (bicyclic) bond motifs is 6. The van der Waals surface area contributed by atoms with E-state index in [1.54, 1.807) is 43.0 Å². The first-order valence-corrected chi connectivity index (χ1v) is 40.0. The molecule has 13 rings (SSSR count). The maximum Gasteiger partial charge on any atom is 1.00 e. The van der Waals surface area contributed by atoms with Crippen LogP contribution < -0.4 is 72.4 Å². The summed E-state index contributed by atoms with van der Waals surface area (Å²) in [5, 5.41) is 11.6. The first-order chi connectivity index (χ1) is 44.2. The first-order valence-electron chi connectivity index (χ1n) is 35.6. The van der Waals surface area contributed by atoms with E-state index in [0.717, 1.165) is 18.0 Å². The number of hydrogen-bond acceptors (Lipinski definition) is 3. The molecule has 0 aliphatic heterocycles. The Morgan fingerprint density at radius 1 is 0.389 bits per heavy atom. The fourth-order valence-electron chi connectivity index (χ4n) is 19.0. The molecule has 3 nitrogen and oxygen atoms in total. The van der Waals surface area contributed by atoms with Gasteiger partial charge in [-0.05, 0) is 119 Å². The van der Waals surface area contributed by atoms with Crippen molar-refractivity contribution in [3.8, 4) is 22.3 Å². The molecule has 4 fully saturated rings. The minimum atomic E-state index is -2.76. The van der Waals surface area contributed by atoms with Gasteiger partial charge in [0, 0.05) is 47.3 Å². The molecule has 4 saturated carbocycles. The molecule has 0 N–H and O–H groups in total. The van der Waals surface area contributed by atoms with Crippen LogP contribution in [-0.2, 0) is 31.2 Å².